The minimum Gasteiger partial charge on any atom is -0.352 e. The van der Waals surface area contributed by atoms with Crippen molar-refractivity contribution >= 4 is 5.96 Å². The van der Waals surface area contributed by atoms with E-state index >= 15 is 0 Å². The Kier molecular flexibility index (Phi) is 6.72. The minimum atomic E-state index is 0.535. The highest BCUT2D eigenvalue weighted by Gasteiger charge is 2.26. The molecule has 1 aromatic heterocycles. The van der Waals surface area contributed by atoms with E-state index in [1.165, 1.54) is 42.6 Å². The molecule has 0 radical (unpaired) electrons. The smallest absolute Gasteiger partial charge is 0.193 e. The summed E-state index contributed by atoms with van der Waals surface area (Å²) in [5.74, 6) is 2.41. The summed E-state index contributed by atoms with van der Waals surface area (Å²) in [6.45, 7) is 8.73. The first-order valence-corrected chi connectivity index (χ1v) is 11.3. The standard InChI is InChI=1S/C24H36N6/c1-19-7-10-29(11-8-19)16-21-6-4-5-20(13-21)14-26-24(25-2)30-12-9-22(18-30)23-15-27-28(3)17-23/h4-6,13,15,17,19,22H,7-12,14,16,18H2,1-3H3,(H,25,26). The van der Waals surface area contributed by atoms with Gasteiger partial charge in [-0.3, -0.25) is 14.6 Å². The molecule has 0 aliphatic carbocycles. The molecule has 0 spiro atoms. The molecule has 6 heteroatoms. The number of rotatable bonds is 5. The molecule has 1 aromatic carbocycles. The van der Waals surface area contributed by atoms with Crippen LogP contribution in [-0.2, 0) is 20.1 Å². The van der Waals surface area contributed by atoms with E-state index in [2.05, 4.69) is 62.6 Å². The average Bonchev–Trinajstić information content (AvgIpc) is 3.40. The number of piperidine rings is 1. The fourth-order valence-electron chi connectivity index (χ4n) is 4.71. The van der Waals surface area contributed by atoms with Crippen molar-refractivity contribution in [1.82, 2.24) is 24.9 Å². The molecule has 2 saturated heterocycles. The van der Waals surface area contributed by atoms with Gasteiger partial charge in [0.05, 0.1) is 6.20 Å². The second kappa shape index (κ2) is 9.65. The maximum atomic E-state index is 4.54. The summed E-state index contributed by atoms with van der Waals surface area (Å²) >= 11 is 0. The van der Waals surface area contributed by atoms with Crippen molar-refractivity contribution in [3.8, 4) is 0 Å². The molecule has 2 aromatic rings. The third-order valence-corrected chi connectivity index (χ3v) is 6.62. The zero-order valence-corrected chi connectivity index (χ0v) is 18.7. The Labute approximate surface area is 181 Å². The second-order valence-corrected chi connectivity index (χ2v) is 9.06. The van der Waals surface area contributed by atoms with Crippen LogP contribution in [0.4, 0.5) is 0 Å². The molecule has 6 nitrogen and oxygen atoms in total. The highest BCUT2D eigenvalue weighted by Crippen LogP contribution is 2.26. The van der Waals surface area contributed by atoms with E-state index in [1.807, 2.05) is 25.0 Å². The molecule has 1 unspecified atom stereocenters. The SMILES string of the molecule is CN=C(NCc1cccc(CN2CCC(C)CC2)c1)N1CCC(c2cnn(C)c2)C1. The van der Waals surface area contributed by atoms with Gasteiger partial charge >= 0.3 is 0 Å². The van der Waals surface area contributed by atoms with Crippen LogP contribution in [0.5, 0.6) is 0 Å². The average molecular weight is 409 g/mol. The Bertz CT molecular complexity index is 849. The van der Waals surface area contributed by atoms with Crippen molar-refractivity contribution in [2.24, 2.45) is 18.0 Å². The largest absolute Gasteiger partial charge is 0.352 e. The quantitative estimate of drug-likeness (QED) is 0.610. The van der Waals surface area contributed by atoms with Gasteiger partial charge in [0.1, 0.15) is 0 Å². The van der Waals surface area contributed by atoms with E-state index in [0.717, 1.165) is 44.5 Å². The normalized spacial score (nSPS) is 21.4. The molecule has 2 aliphatic heterocycles. The summed E-state index contributed by atoms with van der Waals surface area (Å²) in [7, 11) is 3.87. The number of nitrogens with one attached hydrogen (secondary N) is 1. The molecular weight excluding hydrogens is 372 g/mol. The molecule has 30 heavy (non-hydrogen) atoms. The molecule has 0 amide bonds. The van der Waals surface area contributed by atoms with E-state index in [0.29, 0.717) is 5.92 Å². The fourth-order valence-corrected chi connectivity index (χ4v) is 4.71. The lowest BCUT2D eigenvalue weighted by atomic mass is 9.98. The Morgan fingerprint density at radius 3 is 2.70 bits per heavy atom. The highest BCUT2D eigenvalue weighted by atomic mass is 15.3. The molecule has 2 fully saturated rings. The first-order chi connectivity index (χ1) is 14.6. The molecule has 0 saturated carbocycles. The zero-order chi connectivity index (χ0) is 20.9. The summed E-state index contributed by atoms with van der Waals surface area (Å²) in [6.07, 6.45) is 7.94. The maximum Gasteiger partial charge on any atom is 0.193 e. The van der Waals surface area contributed by atoms with Gasteiger partial charge in [0, 0.05) is 52.4 Å². The minimum absolute atomic E-state index is 0.535. The number of hydrogen-bond acceptors (Lipinski definition) is 3. The van der Waals surface area contributed by atoms with Gasteiger partial charge < -0.3 is 10.2 Å². The molecular formula is C24H36N6. The Morgan fingerprint density at radius 1 is 1.17 bits per heavy atom. The first kappa shape index (κ1) is 20.9. The van der Waals surface area contributed by atoms with Gasteiger partial charge in [-0.1, -0.05) is 31.2 Å². The van der Waals surface area contributed by atoms with Gasteiger partial charge in [0.2, 0.25) is 0 Å². The van der Waals surface area contributed by atoms with Crippen molar-refractivity contribution in [3.05, 3.63) is 53.3 Å². The van der Waals surface area contributed by atoms with Crippen molar-refractivity contribution in [1.29, 1.82) is 0 Å². The van der Waals surface area contributed by atoms with Crippen molar-refractivity contribution in [2.45, 2.75) is 45.2 Å². The fraction of sp³-hybridized carbons (Fsp3) is 0.583. The topological polar surface area (TPSA) is 48.7 Å². The summed E-state index contributed by atoms with van der Waals surface area (Å²) in [5, 5.41) is 7.91. The van der Waals surface area contributed by atoms with Crippen LogP contribution in [-0.4, -0.2) is 58.8 Å². The molecule has 1 N–H and O–H groups in total. The number of aliphatic imine (C=N–C) groups is 1. The van der Waals surface area contributed by atoms with E-state index in [1.54, 1.807) is 0 Å². The second-order valence-electron chi connectivity index (χ2n) is 9.06. The van der Waals surface area contributed by atoms with Gasteiger partial charge in [-0.2, -0.15) is 5.10 Å². The van der Waals surface area contributed by atoms with Crippen LogP contribution < -0.4 is 5.32 Å². The zero-order valence-electron chi connectivity index (χ0n) is 18.7. The van der Waals surface area contributed by atoms with Crippen molar-refractivity contribution in [3.63, 3.8) is 0 Å². The summed E-state index contributed by atoms with van der Waals surface area (Å²) < 4.78 is 1.89. The first-order valence-electron chi connectivity index (χ1n) is 11.3. The van der Waals surface area contributed by atoms with E-state index in [9.17, 15) is 0 Å². The van der Waals surface area contributed by atoms with E-state index < -0.39 is 0 Å². The van der Waals surface area contributed by atoms with Crippen LogP contribution in [0.15, 0.2) is 41.7 Å². The third kappa shape index (κ3) is 5.22. The van der Waals surface area contributed by atoms with Gasteiger partial charge in [0.15, 0.2) is 5.96 Å². The van der Waals surface area contributed by atoms with Crippen molar-refractivity contribution in [2.75, 3.05) is 33.2 Å². The van der Waals surface area contributed by atoms with Gasteiger partial charge in [-0.05, 0) is 55.0 Å². The molecule has 0 bridgehead atoms. The number of aromatic nitrogens is 2. The predicted molar refractivity (Wildman–Crippen MR) is 122 cm³/mol. The van der Waals surface area contributed by atoms with E-state index in [4.69, 9.17) is 0 Å². The lowest BCUT2D eigenvalue weighted by Gasteiger charge is -2.30. The number of aryl methyl sites for hydroxylation is 1. The number of guanidine groups is 1. The molecule has 3 heterocycles. The molecule has 2 aliphatic rings. The van der Waals surface area contributed by atoms with Gasteiger partial charge in [0.25, 0.3) is 0 Å². The molecule has 162 valence electrons. The highest BCUT2D eigenvalue weighted by molar-refractivity contribution is 5.80. The summed E-state index contributed by atoms with van der Waals surface area (Å²) in [4.78, 5) is 9.51. The summed E-state index contributed by atoms with van der Waals surface area (Å²) in [5.41, 5.74) is 4.06. The van der Waals surface area contributed by atoms with Crippen LogP contribution in [0.1, 0.15) is 48.8 Å². The molecule has 4 rings (SSSR count). The number of benzene rings is 1. The van der Waals surface area contributed by atoms with Crippen LogP contribution in [0.25, 0.3) is 0 Å². The van der Waals surface area contributed by atoms with E-state index in [-0.39, 0.29) is 0 Å². The molecule has 1 atom stereocenters. The number of nitrogens with zero attached hydrogens (tertiary/aromatic N) is 5. The van der Waals surface area contributed by atoms with Crippen LogP contribution >= 0.6 is 0 Å². The van der Waals surface area contributed by atoms with Crippen molar-refractivity contribution < 1.29 is 0 Å². The third-order valence-electron chi connectivity index (χ3n) is 6.62. The maximum absolute atomic E-state index is 4.54. The van der Waals surface area contributed by atoms with Gasteiger partial charge in [-0.15, -0.1) is 0 Å². The monoisotopic (exact) mass is 408 g/mol. The van der Waals surface area contributed by atoms with Gasteiger partial charge in [-0.25, -0.2) is 0 Å². The van der Waals surface area contributed by atoms with Crippen LogP contribution in [0.3, 0.4) is 0 Å². The van der Waals surface area contributed by atoms with Crippen LogP contribution in [0, 0.1) is 5.92 Å². The lowest BCUT2D eigenvalue weighted by Crippen LogP contribution is -2.39. The number of likely N-dealkylation sites (tertiary alicyclic amines) is 2. The Morgan fingerprint density at radius 2 is 1.97 bits per heavy atom. The Hall–Kier alpha value is -2.34. The number of hydrogen-bond donors (Lipinski definition) is 1. The Balaban J connectivity index is 1.30. The predicted octanol–water partition coefficient (Wildman–Crippen LogP) is 3.22. The lowest BCUT2D eigenvalue weighted by molar-refractivity contribution is 0.185. The van der Waals surface area contributed by atoms with Crippen LogP contribution in [0.2, 0.25) is 0 Å². The summed E-state index contributed by atoms with van der Waals surface area (Å²) in [6, 6.07) is 9.01.